The molecule has 0 aliphatic rings. The first-order valence-electron chi connectivity index (χ1n) is 4.47. The molecule has 0 rings (SSSR count). The van der Waals surface area contributed by atoms with Crippen LogP contribution in [0.15, 0.2) is 0 Å². The van der Waals surface area contributed by atoms with E-state index >= 15 is 0 Å². The normalized spacial score (nSPS) is 15.7. The van der Waals surface area contributed by atoms with Gasteiger partial charge in [-0.1, -0.05) is 51.2 Å². The first kappa shape index (κ1) is 12.4. The van der Waals surface area contributed by atoms with Gasteiger partial charge in [0, 0.05) is 10.5 Å². The minimum atomic E-state index is 0.277. The zero-order valence-corrected chi connectivity index (χ0v) is 9.93. The van der Waals surface area contributed by atoms with Crippen molar-refractivity contribution in [3.05, 3.63) is 0 Å². The second-order valence-electron chi connectivity index (χ2n) is 2.92. The standard InChI is InChI=1S/C9H18OS2/c1-5-7(3)11-9(10)12-8(4)6-2/h7-8H,5-6H2,1-4H3. The Morgan fingerprint density at radius 1 is 1.08 bits per heavy atom. The highest BCUT2D eigenvalue weighted by Crippen LogP contribution is 2.27. The van der Waals surface area contributed by atoms with Crippen molar-refractivity contribution in [3.8, 4) is 0 Å². The molecule has 0 aromatic carbocycles. The maximum atomic E-state index is 11.3. The quantitative estimate of drug-likeness (QED) is 0.687. The average Bonchev–Trinajstić information content (AvgIpc) is 2.03. The van der Waals surface area contributed by atoms with Crippen molar-refractivity contribution in [2.24, 2.45) is 0 Å². The number of carbonyl (C=O) groups is 1. The van der Waals surface area contributed by atoms with Gasteiger partial charge >= 0.3 is 0 Å². The molecule has 0 bridgehead atoms. The summed E-state index contributed by atoms with van der Waals surface area (Å²) < 4.78 is 0.277. The van der Waals surface area contributed by atoms with Crippen LogP contribution in [0.3, 0.4) is 0 Å². The Labute approximate surface area is 84.1 Å². The third kappa shape index (κ3) is 5.95. The molecular formula is C9H18OS2. The topological polar surface area (TPSA) is 17.1 Å². The lowest BCUT2D eigenvalue weighted by atomic mass is 10.4. The molecule has 0 radical (unpaired) electrons. The Hall–Kier alpha value is 0.370. The first-order valence-corrected chi connectivity index (χ1v) is 6.23. The molecule has 0 aromatic rings. The first-order chi connectivity index (χ1) is 5.60. The van der Waals surface area contributed by atoms with Gasteiger partial charge in [0.1, 0.15) is 0 Å². The molecule has 0 saturated heterocycles. The second kappa shape index (κ2) is 6.84. The summed E-state index contributed by atoms with van der Waals surface area (Å²) in [4.78, 5) is 11.3. The van der Waals surface area contributed by atoms with Crippen molar-refractivity contribution in [2.75, 3.05) is 0 Å². The van der Waals surface area contributed by atoms with Crippen LogP contribution in [-0.4, -0.2) is 14.9 Å². The molecule has 0 fully saturated rings. The summed E-state index contributed by atoms with van der Waals surface area (Å²) in [5.41, 5.74) is 0. The number of hydrogen-bond acceptors (Lipinski definition) is 3. The van der Waals surface area contributed by atoms with Crippen LogP contribution in [0.5, 0.6) is 0 Å². The highest BCUT2D eigenvalue weighted by atomic mass is 32.2. The van der Waals surface area contributed by atoms with E-state index in [4.69, 9.17) is 0 Å². The van der Waals surface area contributed by atoms with E-state index in [0.29, 0.717) is 10.5 Å². The van der Waals surface area contributed by atoms with Crippen molar-refractivity contribution in [1.82, 2.24) is 0 Å². The summed E-state index contributed by atoms with van der Waals surface area (Å²) >= 11 is 2.93. The van der Waals surface area contributed by atoms with Gasteiger partial charge in [-0.2, -0.15) is 0 Å². The van der Waals surface area contributed by atoms with E-state index in [2.05, 4.69) is 27.7 Å². The molecule has 0 spiro atoms. The summed E-state index contributed by atoms with van der Waals surface area (Å²) in [5, 5.41) is 0.933. The second-order valence-corrected chi connectivity index (χ2v) is 6.00. The molecule has 3 heteroatoms. The van der Waals surface area contributed by atoms with Gasteiger partial charge in [0.05, 0.1) is 0 Å². The van der Waals surface area contributed by atoms with Crippen LogP contribution >= 0.6 is 23.5 Å². The van der Waals surface area contributed by atoms with E-state index in [9.17, 15) is 4.79 Å². The highest BCUT2D eigenvalue weighted by Gasteiger charge is 2.11. The summed E-state index contributed by atoms with van der Waals surface area (Å²) in [6.45, 7) is 8.41. The van der Waals surface area contributed by atoms with Crippen molar-refractivity contribution in [2.45, 2.75) is 51.0 Å². The molecule has 0 aliphatic heterocycles. The number of carbonyl (C=O) groups excluding carboxylic acids is 1. The van der Waals surface area contributed by atoms with Crippen molar-refractivity contribution in [1.29, 1.82) is 0 Å². The Kier molecular flexibility index (Phi) is 7.05. The van der Waals surface area contributed by atoms with Gasteiger partial charge in [0.25, 0.3) is 0 Å². The number of thioether (sulfide) groups is 2. The number of rotatable bonds is 4. The van der Waals surface area contributed by atoms with Gasteiger partial charge in [0.2, 0.25) is 4.45 Å². The highest BCUT2D eigenvalue weighted by molar-refractivity contribution is 8.38. The van der Waals surface area contributed by atoms with Crippen molar-refractivity contribution < 1.29 is 4.79 Å². The molecule has 0 amide bonds. The monoisotopic (exact) mass is 206 g/mol. The Bertz CT molecular complexity index is 122. The lowest BCUT2D eigenvalue weighted by Crippen LogP contribution is -2.01. The molecule has 0 aromatic heterocycles. The molecule has 2 unspecified atom stereocenters. The smallest absolute Gasteiger partial charge is 0.246 e. The predicted octanol–water partition coefficient (Wildman–Crippen LogP) is 4.17. The molecule has 72 valence electrons. The largest absolute Gasteiger partial charge is 0.274 e. The third-order valence-electron chi connectivity index (χ3n) is 1.74. The Balaban J connectivity index is 3.59. The molecule has 1 nitrogen and oxygen atoms in total. The molecule has 12 heavy (non-hydrogen) atoms. The summed E-state index contributed by atoms with van der Waals surface area (Å²) in [5.74, 6) is 0. The van der Waals surface area contributed by atoms with E-state index in [0.717, 1.165) is 12.8 Å². The molecule has 0 saturated carbocycles. The maximum absolute atomic E-state index is 11.3. The van der Waals surface area contributed by atoms with Gasteiger partial charge in [0.15, 0.2) is 0 Å². The van der Waals surface area contributed by atoms with Crippen molar-refractivity contribution >= 4 is 28.0 Å². The van der Waals surface area contributed by atoms with Crippen LogP contribution in [0, 0.1) is 0 Å². The van der Waals surface area contributed by atoms with E-state index in [-0.39, 0.29) is 4.45 Å². The van der Waals surface area contributed by atoms with E-state index < -0.39 is 0 Å². The Morgan fingerprint density at radius 2 is 1.42 bits per heavy atom. The van der Waals surface area contributed by atoms with Gasteiger partial charge in [-0.25, -0.2) is 0 Å². The van der Waals surface area contributed by atoms with Crippen molar-refractivity contribution in [3.63, 3.8) is 0 Å². The van der Waals surface area contributed by atoms with Crippen LogP contribution in [0.25, 0.3) is 0 Å². The summed E-state index contributed by atoms with van der Waals surface area (Å²) in [7, 11) is 0. The summed E-state index contributed by atoms with van der Waals surface area (Å²) in [6.07, 6.45) is 2.13. The molecule has 2 atom stereocenters. The molecule has 0 aliphatic carbocycles. The van der Waals surface area contributed by atoms with E-state index in [1.54, 1.807) is 0 Å². The van der Waals surface area contributed by atoms with Crippen LogP contribution < -0.4 is 0 Å². The third-order valence-corrected chi connectivity index (χ3v) is 4.18. The fourth-order valence-corrected chi connectivity index (χ4v) is 2.72. The van der Waals surface area contributed by atoms with Gasteiger partial charge < -0.3 is 0 Å². The van der Waals surface area contributed by atoms with Gasteiger partial charge in [-0.3, -0.25) is 4.79 Å². The minimum Gasteiger partial charge on any atom is -0.274 e. The lowest BCUT2D eigenvalue weighted by Gasteiger charge is -2.09. The fraction of sp³-hybridized carbons (Fsp3) is 0.889. The zero-order valence-electron chi connectivity index (χ0n) is 8.29. The molecule has 0 heterocycles. The SMILES string of the molecule is CCC(C)SC(=O)SC(C)CC. The minimum absolute atomic E-state index is 0.277. The van der Waals surface area contributed by atoms with E-state index in [1.807, 2.05) is 0 Å². The lowest BCUT2D eigenvalue weighted by molar-refractivity contribution is 0.276. The molecular weight excluding hydrogens is 188 g/mol. The van der Waals surface area contributed by atoms with Crippen LogP contribution in [0.1, 0.15) is 40.5 Å². The van der Waals surface area contributed by atoms with Crippen LogP contribution in [0.4, 0.5) is 4.79 Å². The van der Waals surface area contributed by atoms with Crippen LogP contribution in [0.2, 0.25) is 0 Å². The van der Waals surface area contributed by atoms with E-state index in [1.165, 1.54) is 23.5 Å². The van der Waals surface area contributed by atoms with Gasteiger partial charge in [-0.15, -0.1) is 0 Å². The number of hydrogen-bond donors (Lipinski definition) is 0. The maximum Gasteiger partial charge on any atom is 0.246 e. The fourth-order valence-electron chi connectivity index (χ4n) is 0.523. The van der Waals surface area contributed by atoms with Crippen LogP contribution in [-0.2, 0) is 0 Å². The predicted molar refractivity (Wildman–Crippen MR) is 60.1 cm³/mol. The molecule has 0 N–H and O–H groups in total. The van der Waals surface area contributed by atoms with Gasteiger partial charge in [-0.05, 0) is 12.8 Å². The zero-order chi connectivity index (χ0) is 9.56. The Morgan fingerprint density at radius 3 is 1.67 bits per heavy atom. The average molecular weight is 206 g/mol. The summed E-state index contributed by atoms with van der Waals surface area (Å²) in [6, 6.07) is 0.